The summed E-state index contributed by atoms with van der Waals surface area (Å²) >= 11 is 5.71. The van der Waals surface area contributed by atoms with Gasteiger partial charge in [0.25, 0.3) is 0 Å². The van der Waals surface area contributed by atoms with Crippen LogP contribution in [0, 0.1) is 5.82 Å². The summed E-state index contributed by atoms with van der Waals surface area (Å²) in [6.07, 6.45) is 11.3. The second-order valence-electron chi connectivity index (χ2n) is 5.85. The van der Waals surface area contributed by atoms with Crippen molar-refractivity contribution in [1.82, 2.24) is 5.32 Å². The predicted molar refractivity (Wildman–Crippen MR) is 90.6 cm³/mol. The van der Waals surface area contributed by atoms with E-state index in [2.05, 4.69) is 12.2 Å². The van der Waals surface area contributed by atoms with Crippen LogP contribution in [0.25, 0.3) is 0 Å². The summed E-state index contributed by atoms with van der Waals surface area (Å²) < 4.78 is 13.4. The first-order chi connectivity index (χ1) is 10.2. The molecule has 0 fully saturated rings. The third kappa shape index (κ3) is 7.82. The van der Waals surface area contributed by atoms with Gasteiger partial charge in [-0.15, -0.1) is 0 Å². The molecular weight excluding hydrogens is 285 g/mol. The smallest absolute Gasteiger partial charge is 0.142 e. The Morgan fingerprint density at radius 1 is 1.10 bits per heavy atom. The lowest BCUT2D eigenvalue weighted by Crippen LogP contribution is -2.27. The summed E-state index contributed by atoms with van der Waals surface area (Å²) in [5.74, 6) is -0.319. The zero-order valence-electron chi connectivity index (χ0n) is 13.4. The molecular formula is C18H29ClFN. The van der Waals surface area contributed by atoms with Crippen LogP contribution < -0.4 is 5.32 Å². The van der Waals surface area contributed by atoms with Crippen molar-refractivity contribution in [3.05, 3.63) is 34.6 Å². The highest BCUT2D eigenvalue weighted by molar-refractivity contribution is 6.30. The molecule has 1 atom stereocenters. The predicted octanol–water partition coefficient (Wildman–Crippen LogP) is 5.75. The summed E-state index contributed by atoms with van der Waals surface area (Å²) in [5, 5.41) is 3.54. The zero-order valence-corrected chi connectivity index (χ0v) is 14.2. The normalized spacial score (nSPS) is 12.6. The fourth-order valence-corrected chi connectivity index (χ4v) is 2.76. The highest BCUT2D eigenvalue weighted by Gasteiger charge is 2.09. The molecule has 0 heterocycles. The fourth-order valence-electron chi connectivity index (χ4n) is 2.65. The maximum Gasteiger partial charge on any atom is 0.142 e. The van der Waals surface area contributed by atoms with E-state index in [4.69, 9.17) is 11.6 Å². The summed E-state index contributed by atoms with van der Waals surface area (Å²) in [7, 11) is 1.98. The van der Waals surface area contributed by atoms with Gasteiger partial charge in [-0.05, 0) is 37.6 Å². The average molecular weight is 314 g/mol. The molecule has 1 unspecified atom stereocenters. The molecule has 0 saturated carbocycles. The molecule has 1 aromatic rings. The molecule has 0 amide bonds. The summed E-state index contributed by atoms with van der Waals surface area (Å²) in [6, 6.07) is 5.53. The minimum Gasteiger partial charge on any atom is -0.317 e. The summed E-state index contributed by atoms with van der Waals surface area (Å²) in [6.45, 7) is 2.25. The van der Waals surface area contributed by atoms with Crippen LogP contribution >= 0.6 is 11.6 Å². The number of unbranched alkanes of at least 4 members (excludes halogenated alkanes) is 6. The molecule has 1 rings (SSSR count). The van der Waals surface area contributed by atoms with Crippen LogP contribution in [-0.2, 0) is 6.42 Å². The molecule has 0 aromatic heterocycles. The van der Waals surface area contributed by atoms with Crippen LogP contribution in [0.15, 0.2) is 18.2 Å². The number of rotatable bonds is 11. The van der Waals surface area contributed by atoms with E-state index in [0.717, 1.165) is 18.4 Å². The molecule has 0 radical (unpaired) electrons. The van der Waals surface area contributed by atoms with Crippen LogP contribution in [0.2, 0.25) is 5.02 Å². The first-order valence-electron chi connectivity index (χ1n) is 8.28. The van der Waals surface area contributed by atoms with Crippen LogP contribution in [0.5, 0.6) is 0 Å². The molecule has 0 aliphatic carbocycles. The molecule has 0 saturated heterocycles. The molecule has 0 bridgehead atoms. The fraction of sp³-hybridized carbons (Fsp3) is 0.667. The van der Waals surface area contributed by atoms with Crippen molar-refractivity contribution in [2.75, 3.05) is 7.05 Å². The second kappa shape index (κ2) is 11.0. The largest absolute Gasteiger partial charge is 0.317 e. The Morgan fingerprint density at radius 2 is 1.76 bits per heavy atom. The first-order valence-corrected chi connectivity index (χ1v) is 8.66. The SMILES string of the molecule is CCCCCCCCCC(Cc1ccc(Cl)c(F)c1)NC. The number of hydrogen-bond acceptors (Lipinski definition) is 1. The van der Waals surface area contributed by atoms with Gasteiger partial charge in [-0.25, -0.2) is 4.39 Å². The molecule has 1 aromatic carbocycles. The van der Waals surface area contributed by atoms with E-state index in [9.17, 15) is 4.39 Å². The van der Waals surface area contributed by atoms with Gasteiger partial charge in [0.05, 0.1) is 5.02 Å². The molecule has 0 aliphatic heterocycles. The monoisotopic (exact) mass is 313 g/mol. The van der Waals surface area contributed by atoms with E-state index < -0.39 is 0 Å². The lowest BCUT2D eigenvalue weighted by Gasteiger charge is -2.16. The number of nitrogens with one attached hydrogen (secondary N) is 1. The van der Waals surface area contributed by atoms with Crippen LogP contribution in [-0.4, -0.2) is 13.1 Å². The highest BCUT2D eigenvalue weighted by Crippen LogP contribution is 2.18. The maximum atomic E-state index is 13.4. The van der Waals surface area contributed by atoms with Gasteiger partial charge in [0.15, 0.2) is 0 Å². The van der Waals surface area contributed by atoms with Gasteiger partial charge < -0.3 is 5.32 Å². The molecule has 1 N–H and O–H groups in total. The third-order valence-corrected chi connectivity index (χ3v) is 4.34. The van der Waals surface area contributed by atoms with E-state index in [-0.39, 0.29) is 10.8 Å². The second-order valence-corrected chi connectivity index (χ2v) is 6.26. The number of benzene rings is 1. The average Bonchev–Trinajstić information content (AvgIpc) is 2.48. The molecule has 21 heavy (non-hydrogen) atoms. The van der Waals surface area contributed by atoms with Crippen molar-refractivity contribution in [3.8, 4) is 0 Å². The minimum absolute atomic E-state index is 0.201. The summed E-state index contributed by atoms with van der Waals surface area (Å²) in [5.41, 5.74) is 1.01. The van der Waals surface area contributed by atoms with Crippen LogP contribution in [0.4, 0.5) is 4.39 Å². The van der Waals surface area contributed by atoms with Crippen molar-refractivity contribution in [2.24, 2.45) is 0 Å². The van der Waals surface area contributed by atoms with Gasteiger partial charge in [-0.3, -0.25) is 0 Å². The van der Waals surface area contributed by atoms with Crippen LogP contribution in [0.1, 0.15) is 63.9 Å². The van der Waals surface area contributed by atoms with Crippen molar-refractivity contribution in [1.29, 1.82) is 0 Å². The molecule has 3 heteroatoms. The number of hydrogen-bond donors (Lipinski definition) is 1. The van der Waals surface area contributed by atoms with E-state index in [0.29, 0.717) is 6.04 Å². The Balaban J connectivity index is 2.23. The molecule has 0 spiro atoms. The van der Waals surface area contributed by atoms with Crippen molar-refractivity contribution < 1.29 is 4.39 Å². The van der Waals surface area contributed by atoms with Gasteiger partial charge in [-0.1, -0.05) is 69.5 Å². The third-order valence-electron chi connectivity index (χ3n) is 4.03. The van der Waals surface area contributed by atoms with Crippen LogP contribution in [0.3, 0.4) is 0 Å². The van der Waals surface area contributed by atoms with Crippen molar-refractivity contribution >= 4 is 11.6 Å². The molecule has 1 nitrogen and oxygen atoms in total. The molecule has 120 valence electrons. The first kappa shape index (κ1) is 18.4. The Hall–Kier alpha value is -0.600. The lowest BCUT2D eigenvalue weighted by molar-refractivity contribution is 0.477. The lowest BCUT2D eigenvalue weighted by atomic mass is 9.99. The van der Waals surface area contributed by atoms with Gasteiger partial charge >= 0.3 is 0 Å². The summed E-state index contributed by atoms with van der Waals surface area (Å²) in [4.78, 5) is 0. The van der Waals surface area contributed by atoms with E-state index >= 15 is 0 Å². The van der Waals surface area contributed by atoms with Gasteiger partial charge in [0.2, 0.25) is 0 Å². The minimum atomic E-state index is -0.319. The topological polar surface area (TPSA) is 12.0 Å². The van der Waals surface area contributed by atoms with Gasteiger partial charge in [0.1, 0.15) is 5.82 Å². The Kier molecular flexibility index (Phi) is 9.69. The van der Waals surface area contributed by atoms with Crippen molar-refractivity contribution in [2.45, 2.75) is 70.8 Å². The van der Waals surface area contributed by atoms with E-state index in [1.54, 1.807) is 12.1 Å². The van der Waals surface area contributed by atoms with Gasteiger partial charge in [0, 0.05) is 6.04 Å². The van der Waals surface area contributed by atoms with E-state index in [1.165, 1.54) is 44.9 Å². The molecule has 0 aliphatic rings. The zero-order chi connectivity index (χ0) is 15.5. The quantitative estimate of drug-likeness (QED) is 0.513. The standard InChI is InChI=1S/C18H29ClFN/c1-3-4-5-6-7-8-9-10-16(21-2)13-15-11-12-17(19)18(20)14-15/h11-12,14,16,21H,3-10,13H2,1-2H3. The Bertz CT molecular complexity index is 395. The Labute approximate surface area is 134 Å². The van der Waals surface area contributed by atoms with Gasteiger partial charge in [-0.2, -0.15) is 0 Å². The van der Waals surface area contributed by atoms with Crippen molar-refractivity contribution in [3.63, 3.8) is 0 Å². The van der Waals surface area contributed by atoms with E-state index in [1.807, 2.05) is 13.1 Å². The highest BCUT2D eigenvalue weighted by atomic mass is 35.5. The Morgan fingerprint density at radius 3 is 2.38 bits per heavy atom. The number of halogens is 2. The number of likely N-dealkylation sites (N-methyl/N-ethyl adjacent to an activating group) is 1. The maximum absolute atomic E-state index is 13.4.